The summed E-state index contributed by atoms with van der Waals surface area (Å²) in [5.41, 5.74) is 0.986. The summed E-state index contributed by atoms with van der Waals surface area (Å²) in [6.07, 6.45) is 7.92. The van der Waals surface area contributed by atoms with Crippen LogP contribution in [0.3, 0.4) is 0 Å². The molecule has 0 radical (unpaired) electrons. The number of carbonyl (C=O) groups excluding carboxylic acids is 3. The summed E-state index contributed by atoms with van der Waals surface area (Å²) in [6.45, 7) is 3.33. The number of benzene rings is 1. The van der Waals surface area contributed by atoms with Crippen molar-refractivity contribution < 1.29 is 19.1 Å². The first-order chi connectivity index (χ1) is 17.1. The van der Waals surface area contributed by atoms with Crippen molar-refractivity contribution in [1.82, 2.24) is 15.1 Å². The zero-order valence-electron chi connectivity index (χ0n) is 20.3. The van der Waals surface area contributed by atoms with Crippen molar-refractivity contribution in [3.63, 3.8) is 0 Å². The van der Waals surface area contributed by atoms with E-state index in [1.54, 1.807) is 0 Å². The summed E-state index contributed by atoms with van der Waals surface area (Å²) in [6, 6.07) is 11.6. The molecule has 2 aliphatic heterocycles. The quantitative estimate of drug-likeness (QED) is 0.589. The van der Waals surface area contributed by atoms with Crippen molar-refractivity contribution in [2.24, 2.45) is 0 Å². The van der Waals surface area contributed by atoms with Gasteiger partial charge in [0.1, 0.15) is 10.6 Å². The number of rotatable bonds is 8. The zero-order chi connectivity index (χ0) is 24.5. The van der Waals surface area contributed by atoms with Gasteiger partial charge in [0.05, 0.1) is 0 Å². The molecule has 8 heteroatoms. The van der Waals surface area contributed by atoms with E-state index in [9.17, 15) is 14.4 Å². The number of ether oxygens (including phenoxy) is 1. The van der Waals surface area contributed by atoms with Crippen molar-refractivity contribution in [1.29, 1.82) is 0 Å². The molecule has 2 aromatic rings. The van der Waals surface area contributed by atoms with Crippen LogP contribution in [0.15, 0.2) is 36.4 Å². The zero-order valence-corrected chi connectivity index (χ0v) is 21.1. The van der Waals surface area contributed by atoms with Crippen LogP contribution < -0.4 is 10.1 Å². The van der Waals surface area contributed by atoms with Gasteiger partial charge in [0.25, 0.3) is 11.8 Å². The van der Waals surface area contributed by atoms with E-state index in [1.165, 1.54) is 24.2 Å². The lowest BCUT2D eigenvalue weighted by Gasteiger charge is -2.26. The van der Waals surface area contributed by atoms with Crippen LogP contribution in [0.25, 0.3) is 10.4 Å². The topological polar surface area (TPSA) is 79.0 Å². The minimum atomic E-state index is -0.277. The van der Waals surface area contributed by atoms with Crippen LogP contribution in [-0.2, 0) is 9.59 Å². The van der Waals surface area contributed by atoms with Crippen molar-refractivity contribution in [3.8, 4) is 16.2 Å². The van der Waals surface area contributed by atoms with Crippen molar-refractivity contribution >= 4 is 29.1 Å². The molecule has 188 valence electrons. The molecule has 2 aliphatic rings. The second kappa shape index (κ2) is 12.7. The summed E-state index contributed by atoms with van der Waals surface area (Å²) < 4.78 is 5.90. The first-order valence-corrected chi connectivity index (χ1v) is 13.6. The Bertz CT molecular complexity index is 993. The molecule has 0 saturated carbocycles. The van der Waals surface area contributed by atoms with E-state index >= 15 is 0 Å². The molecule has 1 aromatic carbocycles. The second-order valence-corrected chi connectivity index (χ2v) is 10.3. The Morgan fingerprint density at radius 2 is 1.43 bits per heavy atom. The number of likely N-dealkylation sites (tertiary alicyclic amines) is 2. The normalized spacial score (nSPS) is 16.5. The standard InChI is InChI=1S/C27H35N3O4S/c31-24(29-15-7-1-2-8-16-29)13-14-28-27(33)26-22(19-23(35-26)21-11-5-3-6-12-21)34-20-25(32)30-17-9-4-10-18-30/h3,5-6,11-12,19H,1-2,4,7-10,13-18,20H2,(H,28,33). The van der Waals surface area contributed by atoms with Crippen LogP contribution in [-0.4, -0.2) is 66.9 Å². The van der Waals surface area contributed by atoms with Crippen LogP contribution in [0.5, 0.6) is 5.75 Å². The summed E-state index contributed by atoms with van der Waals surface area (Å²) in [5.74, 6) is 0.176. The van der Waals surface area contributed by atoms with Crippen LogP contribution >= 0.6 is 11.3 Å². The van der Waals surface area contributed by atoms with E-state index < -0.39 is 0 Å². The monoisotopic (exact) mass is 497 g/mol. The van der Waals surface area contributed by atoms with Gasteiger partial charge in [-0.25, -0.2) is 0 Å². The minimum Gasteiger partial charge on any atom is -0.482 e. The molecule has 3 heterocycles. The maximum absolute atomic E-state index is 13.1. The van der Waals surface area contributed by atoms with E-state index in [-0.39, 0.29) is 37.3 Å². The van der Waals surface area contributed by atoms with Crippen molar-refractivity contribution in [2.45, 2.75) is 51.4 Å². The van der Waals surface area contributed by atoms with Gasteiger partial charge in [0.2, 0.25) is 5.91 Å². The molecule has 0 aliphatic carbocycles. The van der Waals surface area contributed by atoms with Gasteiger partial charge >= 0.3 is 0 Å². The highest BCUT2D eigenvalue weighted by atomic mass is 32.1. The summed E-state index contributed by atoms with van der Waals surface area (Å²) in [5, 5.41) is 2.89. The SMILES string of the molecule is O=C(NCCC(=O)N1CCCCCC1)c1sc(-c2ccccc2)cc1OCC(=O)N1CCCCC1. The van der Waals surface area contributed by atoms with Crippen LogP contribution in [0.4, 0.5) is 0 Å². The Morgan fingerprint density at radius 3 is 2.09 bits per heavy atom. The largest absolute Gasteiger partial charge is 0.482 e. The molecule has 0 unspecified atom stereocenters. The molecule has 1 N–H and O–H groups in total. The molecule has 7 nitrogen and oxygen atoms in total. The van der Waals surface area contributed by atoms with E-state index in [2.05, 4.69) is 5.32 Å². The molecule has 0 atom stereocenters. The molecule has 1 aromatic heterocycles. The Hall–Kier alpha value is -2.87. The number of amides is 3. The smallest absolute Gasteiger partial charge is 0.265 e. The molecule has 0 spiro atoms. The maximum Gasteiger partial charge on any atom is 0.265 e. The van der Waals surface area contributed by atoms with Crippen molar-refractivity contribution in [2.75, 3.05) is 39.3 Å². The Labute approximate surface area is 211 Å². The fourth-order valence-corrected chi connectivity index (χ4v) is 5.62. The number of thiophene rings is 1. The Morgan fingerprint density at radius 1 is 0.829 bits per heavy atom. The first kappa shape index (κ1) is 25.2. The van der Waals surface area contributed by atoms with E-state index in [4.69, 9.17) is 4.74 Å². The molecule has 2 saturated heterocycles. The van der Waals surface area contributed by atoms with Gasteiger partial charge in [0.15, 0.2) is 6.61 Å². The van der Waals surface area contributed by atoms with Gasteiger partial charge in [-0.3, -0.25) is 14.4 Å². The fraction of sp³-hybridized carbons (Fsp3) is 0.519. The number of piperidine rings is 1. The lowest BCUT2D eigenvalue weighted by atomic mass is 10.1. The Kier molecular flexibility index (Phi) is 9.17. The molecular formula is C27H35N3O4S. The predicted molar refractivity (Wildman–Crippen MR) is 138 cm³/mol. The van der Waals surface area contributed by atoms with Gasteiger partial charge in [-0.05, 0) is 43.7 Å². The summed E-state index contributed by atoms with van der Waals surface area (Å²) >= 11 is 1.34. The summed E-state index contributed by atoms with van der Waals surface area (Å²) in [4.78, 5) is 43.3. The van der Waals surface area contributed by atoms with Crippen LogP contribution in [0.2, 0.25) is 0 Å². The third-order valence-electron chi connectivity index (χ3n) is 6.61. The highest BCUT2D eigenvalue weighted by Crippen LogP contribution is 2.36. The third kappa shape index (κ3) is 7.07. The molecule has 4 rings (SSSR count). The minimum absolute atomic E-state index is 0.0495. The molecule has 3 amide bonds. The lowest BCUT2D eigenvalue weighted by molar-refractivity contribution is -0.134. The van der Waals surface area contributed by atoms with Gasteiger partial charge in [-0.15, -0.1) is 11.3 Å². The third-order valence-corrected chi connectivity index (χ3v) is 7.77. The molecule has 0 bridgehead atoms. The number of nitrogens with one attached hydrogen (secondary N) is 1. The average Bonchev–Trinajstić information content (AvgIpc) is 3.13. The van der Waals surface area contributed by atoms with Gasteiger partial charge in [-0.1, -0.05) is 43.2 Å². The van der Waals surface area contributed by atoms with E-state index in [1.807, 2.05) is 46.2 Å². The fourth-order valence-electron chi connectivity index (χ4n) is 4.60. The number of nitrogens with zero attached hydrogens (tertiary/aromatic N) is 2. The van der Waals surface area contributed by atoms with Gasteiger partial charge in [0, 0.05) is 44.0 Å². The highest BCUT2D eigenvalue weighted by molar-refractivity contribution is 7.17. The predicted octanol–water partition coefficient (Wildman–Crippen LogP) is 4.33. The van der Waals surface area contributed by atoms with Gasteiger partial charge in [-0.2, -0.15) is 0 Å². The van der Waals surface area contributed by atoms with E-state index in [0.29, 0.717) is 10.6 Å². The van der Waals surface area contributed by atoms with Crippen molar-refractivity contribution in [3.05, 3.63) is 41.3 Å². The number of hydrogen-bond acceptors (Lipinski definition) is 5. The lowest BCUT2D eigenvalue weighted by Crippen LogP contribution is -2.38. The van der Waals surface area contributed by atoms with Crippen LogP contribution in [0.1, 0.15) is 61.0 Å². The Balaban J connectivity index is 1.39. The summed E-state index contributed by atoms with van der Waals surface area (Å²) in [7, 11) is 0. The second-order valence-electron chi connectivity index (χ2n) is 9.20. The highest BCUT2D eigenvalue weighted by Gasteiger charge is 2.22. The van der Waals surface area contributed by atoms with Crippen LogP contribution in [0, 0.1) is 0 Å². The molecular weight excluding hydrogens is 462 g/mol. The van der Waals surface area contributed by atoms with Gasteiger partial charge < -0.3 is 19.9 Å². The maximum atomic E-state index is 13.1. The van der Waals surface area contributed by atoms with E-state index in [0.717, 1.165) is 68.7 Å². The number of hydrogen-bond donors (Lipinski definition) is 1. The average molecular weight is 498 g/mol. The first-order valence-electron chi connectivity index (χ1n) is 12.8. The molecule has 2 fully saturated rings. The molecule has 35 heavy (non-hydrogen) atoms. The number of carbonyl (C=O) groups is 3.